The molecule has 0 spiro atoms. The Bertz CT molecular complexity index is 381. The van der Waals surface area contributed by atoms with Gasteiger partial charge in [-0.2, -0.15) is 0 Å². The molecule has 0 radical (unpaired) electrons. The number of hydrogen-bond donors (Lipinski definition) is 1. The molecule has 1 aromatic carbocycles. The Morgan fingerprint density at radius 3 is 2.61 bits per heavy atom. The highest BCUT2D eigenvalue weighted by atomic mass is 35.5. The maximum Gasteiger partial charge on any atom is 0.232 e. The minimum absolute atomic E-state index is 0.0369. The van der Waals surface area contributed by atoms with Crippen LogP contribution in [0.4, 0.5) is 0 Å². The number of benzene rings is 1. The number of thioether (sulfide) groups is 1. The average Bonchev–Trinajstić information content (AvgIpc) is 2.30. The van der Waals surface area contributed by atoms with Crippen LogP contribution < -0.4 is 0 Å². The summed E-state index contributed by atoms with van der Waals surface area (Å²) in [6, 6.07) is 7.61. The van der Waals surface area contributed by atoms with Crippen LogP contribution in [0.15, 0.2) is 24.3 Å². The molecule has 0 aliphatic carbocycles. The number of nitrogens with zero attached hydrogens (tertiary/aromatic N) is 1. The molecule has 3 nitrogen and oxygen atoms in total. The molecule has 1 amide bonds. The highest BCUT2D eigenvalue weighted by molar-refractivity contribution is 7.99. The minimum Gasteiger partial charge on any atom is -0.392 e. The summed E-state index contributed by atoms with van der Waals surface area (Å²) in [5.41, 5.74) is 1.15. The fourth-order valence-electron chi connectivity index (χ4n) is 1.45. The Morgan fingerprint density at radius 1 is 1.44 bits per heavy atom. The predicted octanol–water partition coefficient (Wildman–Crippen LogP) is 2.41. The van der Waals surface area contributed by atoms with Crippen molar-refractivity contribution < 1.29 is 9.90 Å². The van der Waals surface area contributed by atoms with Gasteiger partial charge in [-0.15, -0.1) is 11.8 Å². The maximum absolute atomic E-state index is 11.7. The van der Waals surface area contributed by atoms with Crippen LogP contribution in [0.3, 0.4) is 0 Å². The van der Waals surface area contributed by atoms with E-state index in [0.717, 1.165) is 16.3 Å². The van der Waals surface area contributed by atoms with Gasteiger partial charge in [0, 0.05) is 24.4 Å². The van der Waals surface area contributed by atoms with Crippen molar-refractivity contribution in [3.8, 4) is 0 Å². The topological polar surface area (TPSA) is 40.5 Å². The number of halogens is 1. The SMILES string of the molecule is CC(O)CN(C)C(=O)CSCc1ccc(Cl)cc1. The molecule has 1 aromatic rings. The lowest BCUT2D eigenvalue weighted by atomic mass is 10.2. The molecule has 0 aliphatic heterocycles. The van der Waals surface area contributed by atoms with Gasteiger partial charge in [-0.05, 0) is 24.6 Å². The smallest absolute Gasteiger partial charge is 0.232 e. The molecule has 0 bridgehead atoms. The third-order valence-corrected chi connectivity index (χ3v) is 3.61. The molecular formula is C13H18ClNO2S. The van der Waals surface area contributed by atoms with Gasteiger partial charge >= 0.3 is 0 Å². The lowest BCUT2D eigenvalue weighted by Gasteiger charge is -2.18. The summed E-state index contributed by atoms with van der Waals surface area (Å²) < 4.78 is 0. The van der Waals surface area contributed by atoms with Crippen molar-refractivity contribution in [1.29, 1.82) is 0 Å². The third kappa shape index (κ3) is 5.76. The Kier molecular flexibility index (Phi) is 6.54. The minimum atomic E-state index is -0.486. The average molecular weight is 288 g/mol. The predicted molar refractivity (Wildman–Crippen MR) is 76.9 cm³/mol. The normalized spacial score (nSPS) is 12.2. The van der Waals surface area contributed by atoms with Crippen molar-refractivity contribution in [2.45, 2.75) is 18.8 Å². The van der Waals surface area contributed by atoms with Gasteiger partial charge in [0.1, 0.15) is 0 Å². The molecule has 0 aromatic heterocycles. The van der Waals surface area contributed by atoms with E-state index in [1.165, 1.54) is 0 Å². The van der Waals surface area contributed by atoms with E-state index >= 15 is 0 Å². The Balaban J connectivity index is 2.29. The summed E-state index contributed by atoms with van der Waals surface area (Å²) in [5.74, 6) is 1.24. The van der Waals surface area contributed by atoms with Crippen LogP contribution in [0.2, 0.25) is 5.02 Å². The van der Waals surface area contributed by atoms with Crippen LogP contribution in [0.5, 0.6) is 0 Å². The Morgan fingerprint density at radius 2 is 2.06 bits per heavy atom. The standard InChI is InChI=1S/C13H18ClNO2S/c1-10(16)7-15(2)13(17)9-18-8-11-3-5-12(14)6-4-11/h3-6,10,16H,7-9H2,1-2H3. The number of amides is 1. The van der Waals surface area contributed by atoms with Gasteiger partial charge in [-0.25, -0.2) is 0 Å². The van der Waals surface area contributed by atoms with Crippen molar-refractivity contribution in [3.63, 3.8) is 0 Å². The van der Waals surface area contributed by atoms with E-state index in [1.807, 2.05) is 24.3 Å². The summed E-state index contributed by atoms with van der Waals surface area (Å²) in [6.07, 6.45) is -0.486. The first kappa shape index (κ1) is 15.3. The second-order valence-electron chi connectivity index (χ2n) is 4.24. The van der Waals surface area contributed by atoms with E-state index in [1.54, 1.807) is 30.6 Å². The van der Waals surface area contributed by atoms with Gasteiger partial charge in [0.15, 0.2) is 0 Å². The molecule has 5 heteroatoms. The van der Waals surface area contributed by atoms with Crippen molar-refractivity contribution in [2.24, 2.45) is 0 Å². The summed E-state index contributed by atoms with van der Waals surface area (Å²) in [7, 11) is 1.71. The molecular weight excluding hydrogens is 270 g/mol. The quantitative estimate of drug-likeness (QED) is 0.873. The molecule has 18 heavy (non-hydrogen) atoms. The molecule has 0 saturated carbocycles. The van der Waals surface area contributed by atoms with Gasteiger partial charge in [0.2, 0.25) is 5.91 Å². The van der Waals surface area contributed by atoms with Crippen LogP contribution in [0, 0.1) is 0 Å². The number of carbonyl (C=O) groups is 1. The second-order valence-corrected chi connectivity index (χ2v) is 5.66. The lowest BCUT2D eigenvalue weighted by Crippen LogP contribution is -2.34. The zero-order chi connectivity index (χ0) is 13.5. The number of hydrogen-bond acceptors (Lipinski definition) is 3. The zero-order valence-electron chi connectivity index (χ0n) is 10.6. The lowest BCUT2D eigenvalue weighted by molar-refractivity contribution is -0.128. The number of rotatable bonds is 6. The van der Waals surface area contributed by atoms with Gasteiger partial charge in [0.05, 0.1) is 11.9 Å². The van der Waals surface area contributed by atoms with E-state index in [0.29, 0.717) is 12.3 Å². The molecule has 0 fully saturated rings. The first-order valence-corrected chi connectivity index (χ1v) is 7.26. The van der Waals surface area contributed by atoms with E-state index in [2.05, 4.69) is 0 Å². The zero-order valence-corrected chi connectivity index (χ0v) is 12.2. The first-order chi connectivity index (χ1) is 8.49. The third-order valence-electron chi connectivity index (χ3n) is 2.37. The van der Waals surface area contributed by atoms with Crippen molar-refractivity contribution in [1.82, 2.24) is 4.90 Å². The monoisotopic (exact) mass is 287 g/mol. The fraction of sp³-hybridized carbons (Fsp3) is 0.462. The Labute approximate surface area is 117 Å². The van der Waals surface area contributed by atoms with Crippen molar-refractivity contribution in [2.75, 3.05) is 19.3 Å². The first-order valence-electron chi connectivity index (χ1n) is 5.73. The highest BCUT2D eigenvalue weighted by Gasteiger charge is 2.10. The van der Waals surface area contributed by atoms with Crippen LogP contribution in [0.1, 0.15) is 12.5 Å². The van der Waals surface area contributed by atoms with Gasteiger partial charge in [-0.1, -0.05) is 23.7 Å². The summed E-state index contributed by atoms with van der Waals surface area (Å²) >= 11 is 7.35. The summed E-state index contributed by atoms with van der Waals surface area (Å²) in [4.78, 5) is 13.3. The second kappa shape index (κ2) is 7.67. The molecule has 1 atom stereocenters. The van der Waals surface area contributed by atoms with Crippen LogP contribution in [-0.4, -0.2) is 41.4 Å². The number of aliphatic hydroxyl groups is 1. The van der Waals surface area contributed by atoms with Gasteiger partial charge < -0.3 is 10.0 Å². The van der Waals surface area contributed by atoms with E-state index in [-0.39, 0.29) is 5.91 Å². The van der Waals surface area contributed by atoms with E-state index in [4.69, 9.17) is 11.6 Å². The van der Waals surface area contributed by atoms with E-state index < -0.39 is 6.10 Å². The van der Waals surface area contributed by atoms with Crippen LogP contribution in [0.25, 0.3) is 0 Å². The molecule has 0 heterocycles. The molecule has 100 valence electrons. The number of carbonyl (C=O) groups excluding carboxylic acids is 1. The van der Waals surface area contributed by atoms with Gasteiger partial charge in [0.25, 0.3) is 0 Å². The molecule has 1 unspecified atom stereocenters. The van der Waals surface area contributed by atoms with Crippen molar-refractivity contribution in [3.05, 3.63) is 34.9 Å². The molecule has 0 saturated heterocycles. The molecule has 1 rings (SSSR count). The summed E-state index contributed by atoms with van der Waals surface area (Å²) in [5, 5.41) is 9.91. The maximum atomic E-state index is 11.7. The van der Waals surface area contributed by atoms with Gasteiger partial charge in [-0.3, -0.25) is 4.79 Å². The number of aliphatic hydroxyl groups excluding tert-OH is 1. The Hall–Kier alpha value is -0.710. The summed E-state index contributed by atoms with van der Waals surface area (Å²) in [6.45, 7) is 2.05. The van der Waals surface area contributed by atoms with E-state index in [9.17, 15) is 9.90 Å². The van der Waals surface area contributed by atoms with Crippen LogP contribution >= 0.6 is 23.4 Å². The largest absolute Gasteiger partial charge is 0.392 e. The fourth-order valence-corrected chi connectivity index (χ4v) is 2.50. The highest BCUT2D eigenvalue weighted by Crippen LogP contribution is 2.15. The molecule has 1 N–H and O–H groups in total. The number of likely N-dealkylation sites (N-methyl/N-ethyl adjacent to an activating group) is 1. The van der Waals surface area contributed by atoms with Crippen LogP contribution in [-0.2, 0) is 10.5 Å². The van der Waals surface area contributed by atoms with Crippen molar-refractivity contribution >= 4 is 29.3 Å². The molecule has 0 aliphatic rings.